The summed E-state index contributed by atoms with van der Waals surface area (Å²) < 4.78 is 1.68. The van der Waals surface area contributed by atoms with Crippen LogP contribution < -0.4 is 0 Å². The predicted molar refractivity (Wildman–Crippen MR) is 62.8 cm³/mol. The molecule has 0 atom stereocenters. The van der Waals surface area contributed by atoms with Crippen molar-refractivity contribution in [3.05, 3.63) is 52.8 Å². The Morgan fingerprint density at radius 3 is 2.62 bits per heavy atom. The number of aryl methyl sites for hydroxylation is 1. The summed E-state index contributed by atoms with van der Waals surface area (Å²) in [5.41, 5.74) is 1.23. The number of carbonyl (C=O) groups is 1. The molecule has 2 rings (SSSR count). The van der Waals surface area contributed by atoms with Gasteiger partial charge in [-0.2, -0.15) is 5.10 Å². The first-order chi connectivity index (χ1) is 7.72. The zero-order valence-corrected chi connectivity index (χ0v) is 9.61. The topological polar surface area (TPSA) is 34.9 Å². The van der Waals surface area contributed by atoms with Crippen LogP contribution in [0.3, 0.4) is 0 Å². The Kier molecular flexibility index (Phi) is 3.06. The molecule has 4 heteroatoms. The van der Waals surface area contributed by atoms with E-state index in [1.54, 1.807) is 41.2 Å². The van der Waals surface area contributed by atoms with Crippen LogP contribution in [0.1, 0.15) is 23.0 Å². The Bertz CT molecular complexity index is 502. The highest BCUT2D eigenvalue weighted by atomic mass is 35.5. The van der Waals surface area contributed by atoms with Gasteiger partial charge in [-0.15, -0.1) is 0 Å². The minimum atomic E-state index is -0.0315. The third kappa shape index (κ3) is 1.99. The van der Waals surface area contributed by atoms with Gasteiger partial charge in [0.15, 0.2) is 0 Å². The van der Waals surface area contributed by atoms with Gasteiger partial charge < -0.3 is 0 Å². The molecule has 0 radical (unpaired) electrons. The van der Waals surface area contributed by atoms with Crippen LogP contribution in [-0.4, -0.2) is 15.6 Å². The highest BCUT2D eigenvalue weighted by Gasteiger charge is 2.13. The molecule has 1 aromatic carbocycles. The van der Waals surface area contributed by atoms with E-state index in [1.807, 2.05) is 6.92 Å². The normalized spacial score (nSPS) is 10.4. The first-order valence-corrected chi connectivity index (χ1v) is 5.42. The fraction of sp³-hybridized carbons (Fsp3) is 0.167. The fourth-order valence-corrected chi connectivity index (χ4v) is 1.65. The van der Waals surface area contributed by atoms with Gasteiger partial charge in [0.2, 0.25) is 5.78 Å². The molecular formula is C12H11ClN2O. The van der Waals surface area contributed by atoms with Crippen molar-refractivity contribution in [1.29, 1.82) is 0 Å². The van der Waals surface area contributed by atoms with Gasteiger partial charge in [-0.1, -0.05) is 11.6 Å². The smallest absolute Gasteiger partial charge is 0.211 e. The molecule has 0 saturated carbocycles. The van der Waals surface area contributed by atoms with Crippen molar-refractivity contribution in [3.8, 4) is 0 Å². The van der Waals surface area contributed by atoms with Gasteiger partial charge in [0.25, 0.3) is 0 Å². The molecule has 0 spiro atoms. The lowest BCUT2D eigenvalue weighted by molar-refractivity contribution is 0.102. The summed E-state index contributed by atoms with van der Waals surface area (Å²) in [4.78, 5) is 12.1. The third-order valence-electron chi connectivity index (χ3n) is 2.36. The quantitative estimate of drug-likeness (QED) is 0.766. The van der Waals surface area contributed by atoms with Gasteiger partial charge in [-0.25, -0.2) is 0 Å². The second-order valence-corrected chi connectivity index (χ2v) is 3.80. The van der Waals surface area contributed by atoms with Gasteiger partial charge in [0.05, 0.1) is 0 Å². The number of halogens is 1. The van der Waals surface area contributed by atoms with E-state index in [0.717, 1.165) is 0 Å². The first-order valence-electron chi connectivity index (χ1n) is 5.04. The minimum Gasteiger partial charge on any atom is -0.287 e. The van der Waals surface area contributed by atoms with E-state index >= 15 is 0 Å². The number of hydrogen-bond acceptors (Lipinski definition) is 2. The molecule has 0 fully saturated rings. The number of benzene rings is 1. The van der Waals surface area contributed by atoms with Crippen LogP contribution in [0.4, 0.5) is 0 Å². The number of carbonyl (C=O) groups excluding carboxylic acids is 1. The maximum absolute atomic E-state index is 12.1. The number of ketones is 1. The monoisotopic (exact) mass is 234 g/mol. The third-order valence-corrected chi connectivity index (χ3v) is 2.61. The van der Waals surface area contributed by atoms with Crippen LogP contribution in [0.5, 0.6) is 0 Å². The molecule has 0 aliphatic heterocycles. The molecule has 1 heterocycles. The first kappa shape index (κ1) is 10.9. The molecule has 0 aliphatic rings. The van der Waals surface area contributed by atoms with E-state index < -0.39 is 0 Å². The van der Waals surface area contributed by atoms with Crippen LogP contribution in [0.2, 0.25) is 5.02 Å². The summed E-state index contributed by atoms with van der Waals surface area (Å²) in [6.45, 7) is 2.63. The summed E-state index contributed by atoms with van der Waals surface area (Å²) in [5, 5.41) is 4.69. The van der Waals surface area contributed by atoms with Gasteiger partial charge in [0.1, 0.15) is 5.69 Å². The zero-order valence-electron chi connectivity index (χ0n) is 8.85. The number of hydrogen-bond donors (Lipinski definition) is 0. The predicted octanol–water partition coefficient (Wildman–Crippen LogP) is 2.79. The SMILES string of the molecule is CCn1nccc1C(=O)c1ccc(Cl)cc1. The molecule has 0 amide bonds. The van der Waals surface area contributed by atoms with Crippen LogP contribution in [0.25, 0.3) is 0 Å². The number of nitrogens with zero attached hydrogens (tertiary/aromatic N) is 2. The molecule has 0 N–H and O–H groups in total. The van der Waals surface area contributed by atoms with E-state index in [2.05, 4.69) is 5.10 Å². The average molecular weight is 235 g/mol. The summed E-state index contributed by atoms with van der Waals surface area (Å²) >= 11 is 5.77. The number of aromatic nitrogens is 2. The van der Waals surface area contributed by atoms with Crippen molar-refractivity contribution in [2.75, 3.05) is 0 Å². The Morgan fingerprint density at radius 2 is 2.00 bits per heavy atom. The highest BCUT2D eigenvalue weighted by molar-refractivity contribution is 6.30. The Balaban J connectivity index is 2.35. The van der Waals surface area contributed by atoms with Gasteiger partial charge in [0, 0.05) is 23.3 Å². The van der Waals surface area contributed by atoms with Crippen LogP contribution in [0, 0.1) is 0 Å². The van der Waals surface area contributed by atoms with Crippen molar-refractivity contribution >= 4 is 17.4 Å². The van der Waals surface area contributed by atoms with E-state index in [9.17, 15) is 4.79 Å². The summed E-state index contributed by atoms with van der Waals surface area (Å²) in [7, 11) is 0. The molecule has 16 heavy (non-hydrogen) atoms. The number of rotatable bonds is 3. The summed E-state index contributed by atoms with van der Waals surface area (Å²) in [6.07, 6.45) is 1.63. The van der Waals surface area contributed by atoms with Gasteiger partial charge in [-0.05, 0) is 37.3 Å². The van der Waals surface area contributed by atoms with Gasteiger partial charge in [-0.3, -0.25) is 9.48 Å². The largest absolute Gasteiger partial charge is 0.287 e. The molecule has 0 saturated heterocycles. The maximum atomic E-state index is 12.1. The standard InChI is InChI=1S/C12H11ClN2O/c1-2-15-11(7-8-14-15)12(16)9-3-5-10(13)6-4-9/h3-8H,2H2,1H3. The second-order valence-electron chi connectivity index (χ2n) is 3.37. The summed E-state index contributed by atoms with van der Waals surface area (Å²) in [6, 6.07) is 8.58. The molecule has 1 aromatic heterocycles. The second kappa shape index (κ2) is 4.49. The Morgan fingerprint density at radius 1 is 1.31 bits per heavy atom. The Hall–Kier alpha value is -1.61. The lowest BCUT2D eigenvalue weighted by Gasteiger charge is -2.03. The van der Waals surface area contributed by atoms with E-state index in [0.29, 0.717) is 22.8 Å². The molecular weight excluding hydrogens is 224 g/mol. The van der Waals surface area contributed by atoms with E-state index in [-0.39, 0.29) is 5.78 Å². The zero-order chi connectivity index (χ0) is 11.5. The lowest BCUT2D eigenvalue weighted by Crippen LogP contribution is -2.10. The minimum absolute atomic E-state index is 0.0315. The Labute approximate surface area is 98.7 Å². The van der Waals surface area contributed by atoms with Crippen molar-refractivity contribution in [2.45, 2.75) is 13.5 Å². The van der Waals surface area contributed by atoms with Gasteiger partial charge >= 0.3 is 0 Å². The van der Waals surface area contributed by atoms with Crippen molar-refractivity contribution < 1.29 is 4.79 Å². The average Bonchev–Trinajstić information content (AvgIpc) is 2.77. The summed E-state index contributed by atoms with van der Waals surface area (Å²) in [5.74, 6) is -0.0315. The van der Waals surface area contributed by atoms with Crippen LogP contribution in [0.15, 0.2) is 36.5 Å². The van der Waals surface area contributed by atoms with Crippen molar-refractivity contribution in [1.82, 2.24) is 9.78 Å². The maximum Gasteiger partial charge on any atom is 0.211 e. The fourth-order valence-electron chi connectivity index (χ4n) is 1.53. The van der Waals surface area contributed by atoms with Crippen molar-refractivity contribution in [2.24, 2.45) is 0 Å². The molecule has 3 nitrogen and oxygen atoms in total. The molecule has 82 valence electrons. The highest BCUT2D eigenvalue weighted by Crippen LogP contribution is 2.13. The molecule has 2 aromatic rings. The van der Waals surface area contributed by atoms with Crippen LogP contribution in [-0.2, 0) is 6.54 Å². The van der Waals surface area contributed by atoms with E-state index in [1.165, 1.54) is 0 Å². The molecule has 0 aliphatic carbocycles. The van der Waals surface area contributed by atoms with E-state index in [4.69, 9.17) is 11.6 Å². The van der Waals surface area contributed by atoms with Crippen molar-refractivity contribution in [3.63, 3.8) is 0 Å². The lowest BCUT2D eigenvalue weighted by atomic mass is 10.1. The molecule has 0 bridgehead atoms. The van der Waals surface area contributed by atoms with Crippen LogP contribution >= 0.6 is 11.6 Å². The molecule has 0 unspecified atom stereocenters.